The van der Waals surface area contributed by atoms with Gasteiger partial charge in [0, 0.05) is 0 Å². The number of nitrogens with zero attached hydrogens (tertiary/aromatic N) is 1. The van der Waals surface area contributed by atoms with Gasteiger partial charge in [0.05, 0.1) is 20.1 Å². The van der Waals surface area contributed by atoms with Gasteiger partial charge in [0.2, 0.25) is 0 Å². The predicted octanol–water partition coefficient (Wildman–Crippen LogP) is 8.24. The molecule has 7 heteroatoms. The maximum atomic E-state index is 13.0. The summed E-state index contributed by atoms with van der Waals surface area (Å²) in [7, 11) is 0. The Bertz CT molecular complexity index is 1430. The smallest absolute Gasteiger partial charge is 0.270 e. The van der Waals surface area contributed by atoms with E-state index in [0.29, 0.717) is 31.1 Å². The first-order valence-electron chi connectivity index (χ1n) is 10.4. The second-order valence-corrected chi connectivity index (χ2v) is 10.5. The Morgan fingerprint density at radius 2 is 1.74 bits per heavy atom. The molecule has 0 radical (unpaired) electrons. The van der Waals surface area contributed by atoms with Crippen LogP contribution in [-0.2, 0) is 11.4 Å². The molecule has 0 N–H and O–H groups in total. The summed E-state index contributed by atoms with van der Waals surface area (Å²) in [5, 5.41) is 2.77. The fraction of sp³-hybridized carbons (Fsp3) is 0.0370. The SMILES string of the molecule is O=C1/C(=C\c2cc(Cl)c(OCc3cccc4ccccc34)c(Br)c2)SC(=S)N1c1ccccc1. The molecular formula is C27H17BrClNO2S2. The van der Waals surface area contributed by atoms with E-state index >= 15 is 0 Å². The Hall–Kier alpha value is -2.64. The average molecular weight is 567 g/mol. The van der Waals surface area contributed by atoms with E-state index in [1.807, 2.05) is 60.7 Å². The van der Waals surface area contributed by atoms with Gasteiger partial charge in [-0.3, -0.25) is 9.69 Å². The molecule has 1 amide bonds. The highest BCUT2D eigenvalue weighted by molar-refractivity contribution is 9.10. The van der Waals surface area contributed by atoms with Gasteiger partial charge < -0.3 is 4.74 Å². The molecule has 168 valence electrons. The van der Waals surface area contributed by atoms with E-state index in [-0.39, 0.29) is 5.91 Å². The molecule has 4 aromatic carbocycles. The molecule has 1 fully saturated rings. The van der Waals surface area contributed by atoms with Crippen LogP contribution >= 0.6 is 51.5 Å². The summed E-state index contributed by atoms with van der Waals surface area (Å²) in [4.78, 5) is 15.1. The van der Waals surface area contributed by atoms with Gasteiger partial charge in [-0.15, -0.1) is 0 Å². The third-order valence-corrected chi connectivity index (χ3v) is 7.55. The Labute approximate surface area is 220 Å². The molecule has 1 aliphatic heterocycles. The zero-order valence-electron chi connectivity index (χ0n) is 17.7. The number of hydrogen-bond donors (Lipinski definition) is 0. The molecule has 1 aliphatic rings. The zero-order chi connectivity index (χ0) is 23.7. The Morgan fingerprint density at radius 1 is 1.00 bits per heavy atom. The van der Waals surface area contributed by atoms with E-state index in [9.17, 15) is 4.79 Å². The first-order valence-corrected chi connectivity index (χ1v) is 12.8. The van der Waals surface area contributed by atoms with Crippen molar-refractivity contribution in [1.82, 2.24) is 0 Å². The van der Waals surface area contributed by atoms with Crippen LogP contribution in [0.25, 0.3) is 16.8 Å². The third-order valence-electron chi connectivity index (χ3n) is 5.38. The number of ether oxygens (including phenoxy) is 1. The van der Waals surface area contributed by atoms with Crippen molar-refractivity contribution in [2.75, 3.05) is 4.90 Å². The number of para-hydroxylation sites is 1. The lowest BCUT2D eigenvalue weighted by molar-refractivity contribution is -0.113. The molecule has 0 atom stereocenters. The minimum Gasteiger partial charge on any atom is -0.486 e. The summed E-state index contributed by atoms with van der Waals surface area (Å²) in [6.07, 6.45) is 1.80. The highest BCUT2D eigenvalue weighted by Gasteiger charge is 2.33. The van der Waals surface area contributed by atoms with Gasteiger partial charge in [-0.1, -0.05) is 96.2 Å². The molecule has 1 saturated heterocycles. The van der Waals surface area contributed by atoms with Crippen LogP contribution in [0.3, 0.4) is 0 Å². The van der Waals surface area contributed by atoms with Crippen LogP contribution in [0, 0.1) is 0 Å². The molecule has 5 rings (SSSR count). The van der Waals surface area contributed by atoms with Crippen molar-refractivity contribution in [3.63, 3.8) is 0 Å². The van der Waals surface area contributed by atoms with Gasteiger partial charge in [0.25, 0.3) is 5.91 Å². The lowest BCUT2D eigenvalue weighted by Gasteiger charge is -2.14. The van der Waals surface area contributed by atoms with E-state index in [1.54, 1.807) is 17.0 Å². The zero-order valence-corrected chi connectivity index (χ0v) is 21.7. The van der Waals surface area contributed by atoms with E-state index in [1.165, 1.54) is 11.8 Å². The predicted molar refractivity (Wildman–Crippen MR) is 150 cm³/mol. The highest BCUT2D eigenvalue weighted by atomic mass is 79.9. The molecular weight excluding hydrogens is 550 g/mol. The molecule has 1 heterocycles. The first kappa shape index (κ1) is 23.1. The Balaban J connectivity index is 1.38. The van der Waals surface area contributed by atoms with Crippen LogP contribution in [0.5, 0.6) is 5.75 Å². The lowest BCUT2D eigenvalue weighted by Crippen LogP contribution is -2.27. The fourth-order valence-corrected chi connectivity index (χ4v) is 6.08. The van der Waals surface area contributed by atoms with Crippen molar-refractivity contribution in [1.29, 1.82) is 0 Å². The van der Waals surface area contributed by atoms with Gasteiger partial charge >= 0.3 is 0 Å². The van der Waals surface area contributed by atoms with Crippen LogP contribution < -0.4 is 9.64 Å². The summed E-state index contributed by atoms with van der Waals surface area (Å²) >= 11 is 16.9. The second kappa shape index (κ2) is 9.92. The molecule has 0 bridgehead atoms. The van der Waals surface area contributed by atoms with E-state index in [2.05, 4.69) is 34.1 Å². The Kier molecular flexibility index (Phi) is 6.75. The van der Waals surface area contributed by atoms with Crippen LogP contribution in [0.15, 0.2) is 94.3 Å². The van der Waals surface area contributed by atoms with Crippen LogP contribution in [0.1, 0.15) is 11.1 Å². The van der Waals surface area contributed by atoms with Gasteiger partial charge in [0.1, 0.15) is 6.61 Å². The summed E-state index contributed by atoms with van der Waals surface area (Å²) < 4.78 is 7.31. The van der Waals surface area contributed by atoms with Crippen LogP contribution in [0.4, 0.5) is 5.69 Å². The molecule has 4 aromatic rings. The van der Waals surface area contributed by atoms with Crippen molar-refractivity contribution in [2.24, 2.45) is 0 Å². The minimum absolute atomic E-state index is 0.148. The molecule has 0 spiro atoms. The van der Waals surface area contributed by atoms with Crippen LogP contribution in [-0.4, -0.2) is 10.2 Å². The van der Waals surface area contributed by atoms with Crippen molar-refractivity contribution in [2.45, 2.75) is 6.61 Å². The fourth-order valence-electron chi connectivity index (χ4n) is 3.79. The summed E-state index contributed by atoms with van der Waals surface area (Å²) in [5.74, 6) is 0.410. The van der Waals surface area contributed by atoms with Gasteiger partial charge in [0.15, 0.2) is 10.1 Å². The first-order chi connectivity index (χ1) is 16.5. The van der Waals surface area contributed by atoms with Crippen LogP contribution in [0.2, 0.25) is 5.02 Å². The number of amides is 1. The molecule has 3 nitrogen and oxygen atoms in total. The van der Waals surface area contributed by atoms with Gasteiger partial charge in [-0.25, -0.2) is 0 Å². The quantitative estimate of drug-likeness (QED) is 0.180. The summed E-state index contributed by atoms with van der Waals surface area (Å²) in [6.45, 7) is 0.384. The Morgan fingerprint density at radius 3 is 2.53 bits per heavy atom. The number of thioether (sulfide) groups is 1. The third kappa shape index (κ3) is 4.64. The second-order valence-electron chi connectivity index (χ2n) is 7.59. The maximum absolute atomic E-state index is 13.0. The molecule has 0 unspecified atom stereocenters. The topological polar surface area (TPSA) is 29.5 Å². The number of fused-ring (bicyclic) bond motifs is 1. The maximum Gasteiger partial charge on any atom is 0.270 e. The average Bonchev–Trinajstić information content (AvgIpc) is 3.11. The van der Waals surface area contributed by atoms with E-state index in [0.717, 1.165) is 27.6 Å². The number of hydrogen-bond acceptors (Lipinski definition) is 4. The molecule has 0 aromatic heterocycles. The monoisotopic (exact) mass is 565 g/mol. The number of rotatable bonds is 5. The van der Waals surface area contributed by atoms with E-state index in [4.69, 9.17) is 28.6 Å². The number of benzene rings is 4. The molecule has 0 saturated carbocycles. The normalized spacial score (nSPS) is 14.9. The van der Waals surface area contributed by atoms with Crippen molar-refractivity contribution >= 4 is 84.3 Å². The molecule has 34 heavy (non-hydrogen) atoms. The number of carbonyl (C=O) groups is 1. The van der Waals surface area contributed by atoms with E-state index < -0.39 is 0 Å². The summed E-state index contributed by atoms with van der Waals surface area (Å²) in [6, 6.07) is 27.4. The van der Waals surface area contributed by atoms with Gasteiger partial charge in [-0.2, -0.15) is 0 Å². The standard InChI is InChI=1S/C27H17BrClNO2S2/c28-22-13-17(15-24-26(31)30(27(33)34-24)20-10-2-1-3-11-20)14-23(29)25(22)32-16-19-9-6-8-18-7-4-5-12-21(18)19/h1-15H,16H2/b24-15+. The highest BCUT2D eigenvalue weighted by Crippen LogP contribution is 2.39. The van der Waals surface area contributed by atoms with Crippen molar-refractivity contribution in [3.8, 4) is 5.75 Å². The minimum atomic E-state index is -0.148. The molecule has 0 aliphatic carbocycles. The number of halogens is 2. The van der Waals surface area contributed by atoms with Crippen molar-refractivity contribution < 1.29 is 9.53 Å². The lowest BCUT2D eigenvalue weighted by atomic mass is 10.1. The largest absolute Gasteiger partial charge is 0.486 e. The number of thiocarbonyl (C=S) groups is 1. The number of carbonyl (C=O) groups excluding carboxylic acids is 1. The van der Waals surface area contributed by atoms with Crippen molar-refractivity contribution in [3.05, 3.63) is 110 Å². The number of anilines is 1. The summed E-state index contributed by atoms with van der Waals surface area (Å²) in [5.41, 5.74) is 2.61. The van der Waals surface area contributed by atoms with Gasteiger partial charge in [-0.05, 0) is 68.2 Å².